The molecule has 5 nitrogen and oxygen atoms in total. The van der Waals surface area contributed by atoms with Gasteiger partial charge in [-0.3, -0.25) is 9.59 Å². The summed E-state index contributed by atoms with van der Waals surface area (Å²) in [5, 5.41) is 3.00. The maximum Gasteiger partial charge on any atom is 0.244 e. The summed E-state index contributed by atoms with van der Waals surface area (Å²) in [6.07, 6.45) is 0.404. The van der Waals surface area contributed by atoms with E-state index in [2.05, 4.69) is 5.32 Å². The van der Waals surface area contributed by atoms with Gasteiger partial charge in [0.15, 0.2) is 0 Å². The average Bonchev–Trinajstić information content (AvgIpc) is 2.71. The number of fused-ring (bicyclic) bond motifs is 1. The summed E-state index contributed by atoms with van der Waals surface area (Å²) in [5.41, 5.74) is 1.38. The van der Waals surface area contributed by atoms with Crippen molar-refractivity contribution in [2.45, 2.75) is 23.5 Å². The number of thioether (sulfide) groups is 1. The van der Waals surface area contributed by atoms with Crippen molar-refractivity contribution in [2.75, 3.05) is 23.9 Å². The van der Waals surface area contributed by atoms with E-state index in [1.807, 2.05) is 43.3 Å². The molecule has 0 fully saturated rings. The number of methoxy groups -OCH3 is 1. The zero-order valence-corrected chi connectivity index (χ0v) is 15.0. The number of anilines is 2. The number of carbonyl (C=O) groups excluding carboxylic acids is 2. The van der Waals surface area contributed by atoms with Gasteiger partial charge in [-0.05, 0) is 24.3 Å². The predicted octanol–water partition coefficient (Wildman–Crippen LogP) is 3.55. The second kappa shape index (κ2) is 7.61. The van der Waals surface area contributed by atoms with Crippen molar-refractivity contribution in [3.63, 3.8) is 0 Å². The first kappa shape index (κ1) is 17.4. The number of rotatable bonds is 4. The zero-order valence-electron chi connectivity index (χ0n) is 14.2. The van der Waals surface area contributed by atoms with E-state index in [4.69, 9.17) is 4.74 Å². The number of benzene rings is 2. The standard InChI is InChI=1S/C19H20N2O3S/c1-13-11-19(23)21(15-8-4-6-10-17(15)25-13)12-18(22)20-14-7-3-5-9-16(14)24-2/h3-10,13H,11-12H2,1-2H3,(H,20,22)/t13-/m1/s1. The van der Waals surface area contributed by atoms with E-state index in [0.29, 0.717) is 17.9 Å². The summed E-state index contributed by atoms with van der Waals surface area (Å²) in [6.45, 7) is 2.00. The van der Waals surface area contributed by atoms with Gasteiger partial charge in [-0.2, -0.15) is 0 Å². The van der Waals surface area contributed by atoms with Crippen molar-refractivity contribution in [2.24, 2.45) is 0 Å². The van der Waals surface area contributed by atoms with Gasteiger partial charge >= 0.3 is 0 Å². The molecule has 0 saturated carbocycles. The van der Waals surface area contributed by atoms with Gasteiger partial charge in [0.2, 0.25) is 11.8 Å². The summed E-state index contributed by atoms with van der Waals surface area (Å²) in [6, 6.07) is 14.9. The maximum absolute atomic E-state index is 12.6. The lowest BCUT2D eigenvalue weighted by atomic mass is 10.2. The van der Waals surface area contributed by atoms with Crippen molar-refractivity contribution < 1.29 is 14.3 Å². The molecule has 0 spiro atoms. The van der Waals surface area contributed by atoms with Crippen LogP contribution in [0.3, 0.4) is 0 Å². The van der Waals surface area contributed by atoms with Crippen molar-refractivity contribution in [1.82, 2.24) is 0 Å². The summed E-state index contributed by atoms with van der Waals surface area (Å²) >= 11 is 1.66. The Morgan fingerprint density at radius 2 is 1.96 bits per heavy atom. The molecule has 0 aromatic heterocycles. The molecule has 25 heavy (non-hydrogen) atoms. The smallest absolute Gasteiger partial charge is 0.244 e. The lowest BCUT2D eigenvalue weighted by Gasteiger charge is -2.22. The van der Waals surface area contributed by atoms with Crippen LogP contribution in [-0.2, 0) is 9.59 Å². The molecule has 0 bridgehead atoms. The Bertz CT molecular complexity index is 794. The van der Waals surface area contributed by atoms with Gasteiger partial charge < -0.3 is 15.0 Å². The van der Waals surface area contributed by atoms with E-state index in [1.165, 1.54) is 0 Å². The molecule has 1 atom stereocenters. The zero-order chi connectivity index (χ0) is 17.8. The Hall–Kier alpha value is -2.47. The van der Waals surface area contributed by atoms with Crippen LogP contribution in [0.25, 0.3) is 0 Å². The van der Waals surface area contributed by atoms with Gasteiger partial charge in [-0.15, -0.1) is 11.8 Å². The molecule has 2 amide bonds. The van der Waals surface area contributed by atoms with Crippen LogP contribution in [0.5, 0.6) is 5.75 Å². The highest BCUT2D eigenvalue weighted by molar-refractivity contribution is 8.00. The van der Waals surface area contributed by atoms with E-state index in [1.54, 1.807) is 35.9 Å². The first-order valence-electron chi connectivity index (χ1n) is 8.07. The number of ether oxygens (including phenoxy) is 1. The third-order valence-electron chi connectivity index (χ3n) is 3.93. The Kier molecular flexibility index (Phi) is 5.28. The van der Waals surface area contributed by atoms with Crippen LogP contribution in [0.1, 0.15) is 13.3 Å². The molecule has 0 radical (unpaired) electrons. The molecule has 0 unspecified atom stereocenters. The molecule has 6 heteroatoms. The molecule has 3 rings (SSSR count). The number of hydrogen-bond donors (Lipinski definition) is 1. The normalized spacial score (nSPS) is 16.8. The second-order valence-electron chi connectivity index (χ2n) is 5.83. The molecular formula is C19H20N2O3S. The second-order valence-corrected chi connectivity index (χ2v) is 7.31. The molecule has 0 aliphatic carbocycles. The lowest BCUT2D eigenvalue weighted by Crippen LogP contribution is -2.38. The van der Waals surface area contributed by atoms with E-state index < -0.39 is 0 Å². The van der Waals surface area contributed by atoms with Crippen LogP contribution < -0.4 is 15.0 Å². The number of nitrogens with zero attached hydrogens (tertiary/aromatic N) is 1. The Labute approximate surface area is 151 Å². The maximum atomic E-state index is 12.6. The molecule has 1 N–H and O–H groups in total. The van der Waals surface area contributed by atoms with Crippen LogP contribution >= 0.6 is 11.8 Å². The highest BCUT2D eigenvalue weighted by Crippen LogP contribution is 2.37. The molecule has 130 valence electrons. The fourth-order valence-electron chi connectivity index (χ4n) is 2.78. The number of nitrogens with one attached hydrogen (secondary N) is 1. The van der Waals surface area contributed by atoms with E-state index >= 15 is 0 Å². The molecular weight excluding hydrogens is 336 g/mol. The summed E-state index contributed by atoms with van der Waals surface area (Å²) < 4.78 is 5.25. The first-order valence-corrected chi connectivity index (χ1v) is 8.95. The average molecular weight is 356 g/mol. The minimum Gasteiger partial charge on any atom is -0.495 e. The number of carbonyl (C=O) groups is 2. The minimum atomic E-state index is -0.257. The van der Waals surface area contributed by atoms with E-state index in [9.17, 15) is 9.59 Å². The first-order chi connectivity index (χ1) is 12.1. The Morgan fingerprint density at radius 3 is 2.76 bits per heavy atom. The summed E-state index contributed by atoms with van der Waals surface area (Å²) in [7, 11) is 1.55. The van der Waals surface area contributed by atoms with Crippen LogP contribution in [0.4, 0.5) is 11.4 Å². The number of para-hydroxylation sites is 3. The molecule has 2 aromatic carbocycles. The molecule has 1 aliphatic heterocycles. The Morgan fingerprint density at radius 1 is 1.24 bits per heavy atom. The molecule has 0 saturated heterocycles. The van der Waals surface area contributed by atoms with Gasteiger partial charge in [-0.25, -0.2) is 0 Å². The predicted molar refractivity (Wildman–Crippen MR) is 100 cm³/mol. The van der Waals surface area contributed by atoms with Crippen molar-refractivity contribution in [3.05, 3.63) is 48.5 Å². The Balaban J connectivity index is 1.81. The van der Waals surface area contributed by atoms with Crippen molar-refractivity contribution >= 4 is 35.0 Å². The largest absolute Gasteiger partial charge is 0.495 e. The summed E-state index contributed by atoms with van der Waals surface area (Å²) in [5.74, 6) is 0.287. The monoisotopic (exact) mass is 356 g/mol. The van der Waals surface area contributed by atoms with Gasteiger partial charge in [0.25, 0.3) is 0 Å². The fraction of sp³-hybridized carbons (Fsp3) is 0.263. The summed E-state index contributed by atoms with van der Waals surface area (Å²) in [4.78, 5) is 27.7. The third-order valence-corrected chi connectivity index (χ3v) is 5.10. The van der Waals surface area contributed by atoms with Crippen molar-refractivity contribution in [1.29, 1.82) is 0 Å². The van der Waals surface area contributed by atoms with E-state index in [0.717, 1.165) is 10.6 Å². The van der Waals surface area contributed by atoms with Gasteiger partial charge in [0.1, 0.15) is 12.3 Å². The van der Waals surface area contributed by atoms with Crippen LogP contribution in [0.15, 0.2) is 53.4 Å². The topological polar surface area (TPSA) is 58.6 Å². The third kappa shape index (κ3) is 3.96. The number of amides is 2. The molecule has 1 aliphatic rings. The van der Waals surface area contributed by atoms with Crippen molar-refractivity contribution in [3.8, 4) is 5.75 Å². The quantitative estimate of drug-likeness (QED) is 0.910. The van der Waals surface area contributed by atoms with Crippen LogP contribution in [0, 0.1) is 0 Å². The van der Waals surface area contributed by atoms with E-state index in [-0.39, 0.29) is 23.6 Å². The van der Waals surface area contributed by atoms with Crippen LogP contribution in [-0.4, -0.2) is 30.7 Å². The van der Waals surface area contributed by atoms with Crippen LogP contribution in [0.2, 0.25) is 0 Å². The van der Waals surface area contributed by atoms with Gasteiger partial charge in [0, 0.05) is 16.6 Å². The molecule has 2 aromatic rings. The molecule has 1 heterocycles. The highest BCUT2D eigenvalue weighted by atomic mass is 32.2. The lowest BCUT2D eigenvalue weighted by molar-refractivity contribution is -0.121. The minimum absolute atomic E-state index is 0.0266. The van der Waals surface area contributed by atoms with Gasteiger partial charge in [-0.1, -0.05) is 31.2 Å². The SMILES string of the molecule is COc1ccccc1NC(=O)CN1C(=O)C[C@@H](C)Sc2ccccc21. The highest BCUT2D eigenvalue weighted by Gasteiger charge is 2.27. The number of hydrogen-bond acceptors (Lipinski definition) is 4. The fourth-order valence-corrected chi connectivity index (χ4v) is 3.90. The van der Waals surface area contributed by atoms with Gasteiger partial charge in [0.05, 0.1) is 18.5 Å².